The first-order chi connectivity index (χ1) is 16.9. The van der Waals surface area contributed by atoms with Crippen molar-refractivity contribution in [2.24, 2.45) is 0 Å². The smallest absolute Gasteiger partial charge is 0.341 e. The molecule has 0 aliphatic carbocycles. The van der Waals surface area contributed by atoms with Gasteiger partial charge in [-0.2, -0.15) is 0 Å². The van der Waals surface area contributed by atoms with Gasteiger partial charge in [0.15, 0.2) is 6.61 Å². The summed E-state index contributed by atoms with van der Waals surface area (Å²) < 4.78 is 10.9. The minimum Gasteiger partial charge on any atom is -0.457 e. The highest BCUT2D eigenvalue weighted by molar-refractivity contribution is 8.00. The SMILES string of the molecule is CN1C(=O)CC(Sc2ncccc2C(=O)OCC(=O)Nc2ccc(Oc3ccccc3)cc2)C1=O. The molecule has 1 atom stereocenters. The number of imide groups is 1. The van der Waals surface area contributed by atoms with E-state index in [1.165, 1.54) is 19.3 Å². The lowest BCUT2D eigenvalue weighted by atomic mass is 10.3. The number of para-hydroxylation sites is 1. The van der Waals surface area contributed by atoms with Crippen LogP contribution in [-0.2, 0) is 19.1 Å². The molecule has 2 heterocycles. The van der Waals surface area contributed by atoms with Gasteiger partial charge in [0, 0.05) is 25.4 Å². The number of rotatable bonds is 8. The molecule has 1 unspecified atom stereocenters. The van der Waals surface area contributed by atoms with Gasteiger partial charge in [-0.1, -0.05) is 30.0 Å². The first-order valence-corrected chi connectivity index (χ1v) is 11.5. The minimum atomic E-state index is -0.757. The van der Waals surface area contributed by atoms with Gasteiger partial charge in [0.1, 0.15) is 16.5 Å². The van der Waals surface area contributed by atoms with Gasteiger partial charge in [0.25, 0.3) is 5.91 Å². The molecule has 0 radical (unpaired) electrons. The predicted octanol–water partition coefficient (Wildman–Crippen LogP) is 3.52. The Hall–Kier alpha value is -4.18. The number of nitrogens with one attached hydrogen (secondary N) is 1. The van der Waals surface area contributed by atoms with Crippen LogP contribution in [0, 0.1) is 0 Å². The van der Waals surface area contributed by atoms with Gasteiger partial charge in [-0.15, -0.1) is 0 Å². The number of likely N-dealkylation sites (tertiary alicyclic amines) is 1. The number of anilines is 1. The van der Waals surface area contributed by atoms with Gasteiger partial charge < -0.3 is 14.8 Å². The third kappa shape index (κ3) is 6.04. The van der Waals surface area contributed by atoms with Crippen molar-refractivity contribution >= 4 is 41.1 Å². The second-order valence-electron chi connectivity index (χ2n) is 7.52. The molecule has 35 heavy (non-hydrogen) atoms. The quantitative estimate of drug-likeness (QED) is 0.376. The van der Waals surface area contributed by atoms with Crippen LogP contribution in [0.2, 0.25) is 0 Å². The number of esters is 1. The number of ether oxygens (including phenoxy) is 2. The predicted molar refractivity (Wildman–Crippen MR) is 128 cm³/mol. The normalized spacial score (nSPS) is 15.1. The van der Waals surface area contributed by atoms with Crippen LogP contribution < -0.4 is 10.1 Å². The second kappa shape index (κ2) is 10.8. The Bertz CT molecular complexity index is 1250. The maximum Gasteiger partial charge on any atom is 0.341 e. The Labute approximate surface area is 205 Å². The van der Waals surface area contributed by atoms with E-state index in [4.69, 9.17) is 9.47 Å². The summed E-state index contributed by atoms with van der Waals surface area (Å²) in [5.74, 6) is -0.608. The number of pyridine rings is 1. The molecular formula is C25H21N3O6S. The number of carbonyl (C=O) groups excluding carboxylic acids is 4. The number of benzene rings is 2. The van der Waals surface area contributed by atoms with Crippen molar-refractivity contribution < 1.29 is 28.7 Å². The summed E-state index contributed by atoms with van der Waals surface area (Å²) in [4.78, 5) is 54.0. The van der Waals surface area contributed by atoms with Gasteiger partial charge in [-0.3, -0.25) is 19.3 Å². The van der Waals surface area contributed by atoms with Crippen molar-refractivity contribution in [2.45, 2.75) is 16.7 Å². The lowest BCUT2D eigenvalue weighted by Crippen LogP contribution is -2.26. The van der Waals surface area contributed by atoms with Gasteiger partial charge in [0.2, 0.25) is 11.8 Å². The summed E-state index contributed by atoms with van der Waals surface area (Å²) in [5.41, 5.74) is 0.625. The fraction of sp³-hybridized carbons (Fsp3) is 0.160. The van der Waals surface area contributed by atoms with Gasteiger partial charge in [-0.05, 0) is 48.5 Å². The number of thioether (sulfide) groups is 1. The fourth-order valence-corrected chi connectivity index (χ4v) is 4.38. The molecule has 1 aromatic heterocycles. The average molecular weight is 492 g/mol. The van der Waals surface area contributed by atoms with E-state index in [1.807, 2.05) is 30.3 Å². The Morgan fingerprint density at radius 1 is 1.03 bits per heavy atom. The van der Waals surface area contributed by atoms with E-state index in [0.29, 0.717) is 17.2 Å². The third-order valence-corrected chi connectivity index (χ3v) is 6.24. The summed E-state index contributed by atoms with van der Waals surface area (Å²) in [6.45, 7) is -0.510. The highest BCUT2D eigenvalue weighted by Crippen LogP contribution is 2.32. The van der Waals surface area contributed by atoms with Crippen LogP contribution in [0.5, 0.6) is 11.5 Å². The van der Waals surface area contributed by atoms with Crippen LogP contribution >= 0.6 is 11.8 Å². The highest BCUT2D eigenvalue weighted by Gasteiger charge is 2.37. The van der Waals surface area contributed by atoms with Crippen molar-refractivity contribution in [3.63, 3.8) is 0 Å². The Morgan fingerprint density at radius 2 is 1.74 bits per heavy atom. The van der Waals surface area contributed by atoms with Crippen LogP contribution in [0.4, 0.5) is 5.69 Å². The van der Waals surface area contributed by atoms with Crippen molar-refractivity contribution in [1.82, 2.24) is 9.88 Å². The van der Waals surface area contributed by atoms with E-state index in [1.54, 1.807) is 30.3 Å². The van der Waals surface area contributed by atoms with Crippen molar-refractivity contribution in [3.8, 4) is 11.5 Å². The molecule has 3 aromatic rings. The summed E-state index contributed by atoms with van der Waals surface area (Å²) in [7, 11) is 1.42. The zero-order chi connectivity index (χ0) is 24.8. The van der Waals surface area contributed by atoms with Gasteiger partial charge in [0.05, 0.1) is 10.8 Å². The summed E-state index contributed by atoms with van der Waals surface area (Å²) in [6, 6.07) is 19.1. The highest BCUT2D eigenvalue weighted by atomic mass is 32.2. The molecule has 1 saturated heterocycles. The van der Waals surface area contributed by atoms with E-state index in [2.05, 4.69) is 10.3 Å². The topological polar surface area (TPSA) is 115 Å². The molecule has 1 fully saturated rings. The maximum atomic E-state index is 12.6. The largest absolute Gasteiger partial charge is 0.457 e. The molecule has 0 saturated carbocycles. The number of amides is 3. The van der Waals surface area contributed by atoms with Crippen molar-refractivity contribution in [3.05, 3.63) is 78.5 Å². The lowest BCUT2D eigenvalue weighted by molar-refractivity contribution is -0.136. The molecule has 3 amide bonds. The average Bonchev–Trinajstić information content (AvgIpc) is 3.11. The Balaban J connectivity index is 1.31. The van der Waals surface area contributed by atoms with Crippen molar-refractivity contribution in [2.75, 3.05) is 19.0 Å². The molecular weight excluding hydrogens is 470 g/mol. The lowest BCUT2D eigenvalue weighted by Gasteiger charge is -2.11. The molecule has 0 spiro atoms. The van der Waals surface area contributed by atoms with Crippen LogP contribution in [0.1, 0.15) is 16.8 Å². The van der Waals surface area contributed by atoms with E-state index < -0.39 is 23.7 Å². The number of hydrogen-bond acceptors (Lipinski definition) is 8. The van der Waals surface area contributed by atoms with Gasteiger partial charge >= 0.3 is 5.97 Å². The van der Waals surface area contributed by atoms with Crippen molar-refractivity contribution in [1.29, 1.82) is 0 Å². The summed E-state index contributed by atoms with van der Waals surface area (Å²) >= 11 is 1.02. The van der Waals surface area contributed by atoms with Gasteiger partial charge in [-0.25, -0.2) is 9.78 Å². The number of aromatic nitrogens is 1. The monoisotopic (exact) mass is 491 g/mol. The molecule has 1 N–H and O–H groups in total. The Kier molecular flexibility index (Phi) is 7.41. The first-order valence-electron chi connectivity index (χ1n) is 10.6. The third-order valence-electron chi connectivity index (χ3n) is 5.04. The van der Waals surface area contributed by atoms with E-state index in [-0.39, 0.29) is 28.8 Å². The van der Waals surface area contributed by atoms with Crippen LogP contribution in [0.15, 0.2) is 78.0 Å². The zero-order valence-corrected chi connectivity index (χ0v) is 19.5. The number of carbonyl (C=O) groups is 4. The van der Waals surface area contributed by atoms with Crippen LogP contribution in [-0.4, -0.2) is 52.5 Å². The fourth-order valence-electron chi connectivity index (χ4n) is 3.23. The van der Waals surface area contributed by atoms with Crippen LogP contribution in [0.3, 0.4) is 0 Å². The summed E-state index contributed by atoms with van der Waals surface area (Å²) in [5, 5.41) is 2.25. The molecule has 4 rings (SSSR count). The molecule has 178 valence electrons. The second-order valence-corrected chi connectivity index (χ2v) is 8.71. The minimum absolute atomic E-state index is 0.0304. The van der Waals surface area contributed by atoms with E-state index in [9.17, 15) is 19.2 Å². The molecule has 2 aromatic carbocycles. The molecule has 10 heteroatoms. The number of nitrogens with zero attached hydrogens (tertiary/aromatic N) is 2. The van der Waals surface area contributed by atoms with Crippen LogP contribution in [0.25, 0.3) is 0 Å². The standard InChI is InChI=1S/C25H21N3O6S/c1-28-22(30)14-20(24(28)31)35-23-19(8-5-13-26-23)25(32)33-15-21(29)27-16-9-11-18(12-10-16)34-17-6-3-2-4-7-17/h2-13,20H,14-15H2,1H3,(H,27,29). The molecule has 1 aliphatic heterocycles. The number of hydrogen-bond donors (Lipinski definition) is 1. The molecule has 1 aliphatic rings. The zero-order valence-electron chi connectivity index (χ0n) is 18.7. The molecule has 9 nitrogen and oxygen atoms in total. The summed E-state index contributed by atoms with van der Waals surface area (Å²) in [6.07, 6.45) is 1.50. The van der Waals surface area contributed by atoms with E-state index >= 15 is 0 Å². The first kappa shape index (κ1) is 24.0. The maximum absolute atomic E-state index is 12.6. The van der Waals surface area contributed by atoms with E-state index in [0.717, 1.165) is 16.7 Å². The molecule has 0 bridgehead atoms. The Morgan fingerprint density at radius 3 is 2.43 bits per heavy atom.